The van der Waals surface area contributed by atoms with Crippen LogP contribution in [-0.4, -0.2) is 42.4 Å². The Morgan fingerprint density at radius 2 is 2.31 bits per heavy atom. The van der Waals surface area contributed by atoms with Crippen molar-refractivity contribution in [2.24, 2.45) is 0 Å². The Labute approximate surface area is 93.5 Å². The first kappa shape index (κ1) is 10.9. The molecule has 0 atom stereocenters. The molecular formula is C10H15N3O3. The highest BCUT2D eigenvalue weighted by atomic mass is 16.5. The lowest BCUT2D eigenvalue weighted by atomic mass is 10.4. The van der Waals surface area contributed by atoms with E-state index >= 15 is 0 Å². The number of carbonyl (C=O) groups is 1. The van der Waals surface area contributed by atoms with Crippen molar-refractivity contribution < 1.29 is 14.1 Å². The van der Waals surface area contributed by atoms with Gasteiger partial charge in [0.15, 0.2) is 5.76 Å². The minimum atomic E-state index is -0.0858. The van der Waals surface area contributed by atoms with E-state index in [1.807, 2.05) is 6.92 Å². The molecule has 1 aliphatic rings. The van der Waals surface area contributed by atoms with Crippen LogP contribution in [0.3, 0.4) is 0 Å². The lowest BCUT2D eigenvalue weighted by molar-refractivity contribution is 0.0530. The highest BCUT2D eigenvalue weighted by Crippen LogP contribution is 2.02. The fraction of sp³-hybridized carbons (Fsp3) is 0.600. The minimum absolute atomic E-state index is 0.0858. The molecule has 16 heavy (non-hydrogen) atoms. The van der Waals surface area contributed by atoms with E-state index < -0.39 is 0 Å². The first-order chi connectivity index (χ1) is 7.75. The van der Waals surface area contributed by atoms with E-state index in [2.05, 4.69) is 10.5 Å². The molecule has 0 aromatic carbocycles. The lowest BCUT2D eigenvalue weighted by Crippen LogP contribution is -2.45. The standard InChI is InChI=1S/C10H15N3O3/c1-8-6-9(16-12-8)7-11-10(14)13-2-4-15-5-3-13/h6H,2-5,7H2,1H3,(H,11,14). The van der Waals surface area contributed by atoms with Crippen molar-refractivity contribution in [1.29, 1.82) is 0 Å². The molecular weight excluding hydrogens is 210 g/mol. The first-order valence-corrected chi connectivity index (χ1v) is 5.28. The van der Waals surface area contributed by atoms with E-state index in [0.717, 1.165) is 5.69 Å². The molecule has 0 bridgehead atoms. The molecule has 2 amide bonds. The van der Waals surface area contributed by atoms with Gasteiger partial charge in [-0.3, -0.25) is 0 Å². The third-order valence-electron chi connectivity index (χ3n) is 2.39. The van der Waals surface area contributed by atoms with E-state index in [9.17, 15) is 4.79 Å². The second kappa shape index (κ2) is 4.98. The zero-order chi connectivity index (χ0) is 11.4. The molecule has 2 rings (SSSR count). The Bertz CT molecular complexity index is 358. The van der Waals surface area contributed by atoms with Crippen LogP contribution in [0, 0.1) is 6.92 Å². The monoisotopic (exact) mass is 225 g/mol. The minimum Gasteiger partial charge on any atom is -0.378 e. The number of aryl methyl sites for hydroxylation is 1. The van der Waals surface area contributed by atoms with Gasteiger partial charge in [-0.15, -0.1) is 0 Å². The summed E-state index contributed by atoms with van der Waals surface area (Å²) in [6.07, 6.45) is 0. The summed E-state index contributed by atoms with van der Waals surface area (Å²) in [4.78, 5) is 13.4. The first-order valence-electron chi connectivity index (χ1n) is 5.28. The maximum absolute atomic E-state index is 11.7. The predicted octanol–water partition coefficient (Wildman–Crippen LogP) is 0.525. The number of nitrogens with one attached hydrogen (secondary N) is 1. The molecule has 0 aliphatic carbocycles. The number of nitrogens with zero attached hydrogens (tertiary/aromatic N) is 2. The maximum Gasteiger partial charge on any atom is 0.317 e. The van der Waals surface area contributed by atoms with Crippen LogP contribution in [0.1, 0.15) is 11.5 Å². The lowest BCUT2D eigenvalue weighted by Gasteiger charge is -2.26. The van der Waals surface area contributed by atoms with E-state index in [1.54, 1.807) is 11.0 Å². The quantitative estimate of drug-likeness (QED) is 0.797. The summed E-state index contributed by atoms with van der Waals surface area (Å²) >= 11 is 0. The van der Waals surface area contributed by atoms with Crippen LogP contribution >= 0.6 is 0 Å². The molecule has 1 N–H and O–H groups in total. The van der Waals surface area contributed by atoms with Gasteiger partial charge in [0.25, 0.3) is 0 Å². The second-order valence-corrected chi connectivity index (χ2v) is 3.69. The molecule has 1 aromatic heterocycles. The molecule has 0 radical (unpaired) electrons. The number of aromatic nitrogens is 1. The Hall–Kier alpha value is -1.56. The Morgan fingerprint density at radius 1 is 1.56 bits per heavy atom. The fourth-order valence-corrected chi connectivity index (χ4v) is 1.54. The van der Waals surface area contributed by atoms with E-state index in [0.29, 0.717) is 38.6 Å². The van der Waals surface area contributed by atoms with Crippen molar-refractivity contribution in [1.82, 2.24) is 15.4 Å². The summed E-state index contributed by atoms with van der Waals surface area (Å²) < 4.78 is 10.2. The predicted molar refractivity (Wildman–Crippen MR) is 55.9 cm³/mol. The molecule has 1 fully saturated rings. The van der Waals surface area contributed by atoms with Crippen LogP contribution in [0.25, 0.3) is 0 Å². The van der Waals surface area contributed by atoms with Gasteiger partial charge in [-0.1, -0.05) is 5.16 Å². The normalized spacial score (nSPS) is 16.2. The van der Waals surface area contributed by atoms with Crippen LogP contribution in [0.4, 0.5) is 4.79 Å². The number of hydrogen-bond acceptors (Lipinski definition) is 4. The number of morpholine rings is 1. The Kier molecular flexibility index (Phi) is 3.40. The van der Waals surface area contributed by atoms with Gasteiger partial charge in [0, 0.05) is 19.2 Å². The van der Waals surface area contributed by atoms with Crippen molar-refractivity contribution in [3.05, 3.63) is 17.5 Å². The van der Waals surface area contributed by atoms with E-state index in [1.165, 1.54) is 0 Å². The Balaban J connectivity index is 1.78. The highest BCUT2D eigenvalue weighted by molar-refractivity contribution is 5.74. The van der Waals surface area contributed by atoms with Crippen molar-refractivity contribution in [2.45, 2.75) is 13.5 Å². The summed E-state index contributed by atoms with van der Waals surface area (Å²) in [5, 5.41) is 6.53. The fourth-order valence-electron chi connectivity index (χ4n) is 1.54. The summed E-state index contributed by atoms with van der Waals surface area (Å²) in [5.41, 5.74) is 0.815. The summed E-state index contributed by atoms with van der Waals surface area (Å²) in [6, 6.07) is 1.72. The summed E-state index contributed by atoms with van der Waals surface area (Å²) in [6.45, 7) is 4.71. The smallest absolute Gasteiger partial charge is 0.317 e. The third-order valence-corrected chi connectivity index (χ3v) is 2.39. The van der Waals surface area contributed by atoms with E-state index in [-0.39, 0.29) is 6.03 Å². The molecule has 2 heterocycles. The molecule has 0 saturated carbocycles. The van der Waals surface area contributed by atoms with Gasteiger partial charge < -0.3 is 19.5 Å². The van der Waals surface area contributed by atoms with E-state index in [4.69, 9.17) is 9.26 Å². The van der Waals surface area contributed by atoms with Gasteiger partial charge >= 0.3 is 6.03 Å². The largest absolute Gasteiger partial charge is 0.378 e. The van der Waals surface area contributed by atoms with Crippen LogP contribution in [0.2, 0.25) is 0 Å². The number of ether oxygens (including phenoxy) is 1. The topological polar surface area (TPSA) is 67.6 Å². The van der Waals surface area contributed by atoms with Gasteiger partial charge in [0.1, 0.15) is 0 Å². The number of amides is 2. The van der Waals surface area contributed by atoms with Gasteiger partial charge in [-0.2, -0.15) is 0 Å². The molecule has 0 spiro atoms. The summed E-state index contributed by atoms with van der Waals surface area (Å²) in [5.74, 6) is 0.666. The second-order valence-electron chi connectivity index (χ2n) is 3.69. The number of carbonyl (C=O) groups excluding carboxylic acids is 1. The Morgan fingerprint density at radius 3 is 2.94 bits per heavy atom. The van der Waals surface area contributed by atoms with Gasteiger partial charge in [0.05, 0.1) is 25.5 Å². The average molecular weight is 225 g/mol. The van der Waals surface area contributed by atoms with Crippen LogP contribution in [0.15, 0.2) is 10.6 Å². The van der Waals surface area contributed by atoms with Crippen LogP contribution in [-0.2, 0) is 11.3 Å². The number of urea groups is 1. The molecule has 6 heteroatoms. The van der Waals surface area contributed by atoms with Gasteiger partial charge in [-0.25, -0.2) is 4.79 Å². The molecule has 1 aromatic rings. The van der Waals surface area contributed by atoms with Crippen molar-refractivity contribution in [2.75, 3.05) is 26.3 Å². The van der Waals surface area contributed by atoms with Gasteiger partial charge in [-0.05, 0) is 6.92 Å². The SMILES string of the molecule is Cc1cc(CNC(=O)N2CCOCC2)on1. The van der Waals surface area contributed by atoms with Gasteiger partial charge in [0.2, 0.25) is 0 Å². The van der Waals surface area contributed by atoms with Crippen molar-refractivity contribution >= 4 is 6.03 Å². The zero-order valence-electron chi connectivity index (χ0n) is 9.23. The average Bonchev–Trinajstić information content (AvgIpc) is 2.73. The third kappa shape index (κ3) is 2.73. The maximum atomic E-state index is 11.7. The van der Waals surface area contributed by atoms with Crippen LogP contribution in [0.5, 0.6) is 0 Å². The molecule has 1 aliphatic heterocycles. The van der Waals surface area contributed by atoms with Crippen molar-refractivity contribution in [3.63, 3.8) is 0 Å². The number of rotatable bonds is 2. The molecule has 6 nitrogen and oxygen atoms in total. The summed E-state index contributed by atoms with van der Waals surface area (Å²) in [7, 11) is 0. The molecule has 1 saturated heterocycles. The highest BCUT2D eigenvalue weighted by Gasteiger charge is 2.16. The zero-order valence-corrected chi connectivity index (χ0v) is 9.23. The molecule has 88 valence electrons. The van der Waals surface area contributed by atoms with Crippen molar-refractivity contribution in [3.8, 4) is 0 Å². The molecule has 0 unspecified atom stereocenters. The number of hydrogen-bond donors (Lipinski definition) is 1. The van der Waals surface area contributed by atoms with Crippen LogP contribution < -0.4 is 5.32 Å².